The van der Waals surface area contributed by atoms with Crippen LogP contribution in [-0.2, 0) is 23.9 Å². The van der Waals surface area contributed by atoms with E-state index in [1.165, 1.54) is 0 Å². The number of hydrogen-bond acceptors (Lipinski definition) is 5. The van der Waals surface area contributed by atoms with Crippen molar-refractivity contribution in [2.24, 2.45) is 0 Å². The lowest BCUT2D eigenvalue weighted by molar-refractivity contribution is -0.140. The van der Waals surface area contributed by atoms with E-state index in [-0.39, 0.29) is 5.57 Å². The zero-order chi connectivity index (χ0) is 12.6. The summed E-state index contributed by atoms with van der Waals surface area (Å²) in [4.78, 5) is 32.5. The van der Waals surface area contributed by atoms with Crippen LogP contribution >= 0.6 is 0 Å². The van der Waals surface area contributed by atoms with E-state index in [0.29, 0.717) is 0 Å². The fourth-order valence-electron chi connectivity index (χ4n) is 0.755. The molecule has 0 aromatic heterocycles. The standard InChI is InChI=1S/C10H10O6/c1-3-15-9(13)6-7(5-8(11)12)10(14)16-4-2/h3-4,6H,1-2,5H2,(H,11,12). The molecule has 0 fully saturated rings. The van der Waals surface area contributed by atoms with Crippen LogP contribution in [0.3, 0.4) is 0 Å². The number of carbonyl (C=O) groups excluding carboxylic acids is 2. The van der Waals surface area contributed by atoms with Gasteiger partial charge in [-0.25, -0.2) is 9.59 Å². The van der Waals surface area contributed by atoms with Gasteiger partial charge in [-0.2, -0.15) is 0 Å². The van der Waals surface area contributed by atoms with Gasteiger partial charge in [-0.1, -0.05) is 13.2 Å². The Labute approximate surface area is 91.5 Å². The van der Waals surface area contributed by atoms with Crippen molar-refractivity contribution in [2.45, 2.75) is 6.42 Å². The van der Waals surface area contributed by atoms with Gasteiger partial charge in [0.15, 0.2) is 0 Å². The maximum Gasteiger partial charge on any atom is 0.339 e. The molecular formula is C10H10O6. The molecule has 0 aromatic carbocycles. The molecule has 0 atom stereocenters. The molecule has 0 amide bonds. The molecule has 6 nitrogen and oxygen atoms in total. The Morgan fingerprint density at radius 2 is 1.69 bits per heavy atom. The first-order chi connectivity index (χ1) is 7.51. The van der Waals surface area contributed by atoms with E-state index in [0.717, 1.165) is 18.6 Å². The summed E-state index contributed by atoms with van der Waals surface area (Å²) >= 11 is 0. The zero-order valence-electron chi connectivity index (χ0n) is 8.34. The van der Waals surface area contributed by atoms with Crippen LogP contribution in [0.25, 0.3) is 0 Å². The van der Waals surface area contributed by atoms with Crippen LogP contribution in [0.5, 0.6) is 0 Å². The van der Waals surface area contributed by atoms with Crippen LogP contribution in [0, 0.1) is 0 Å². The summed E-state index contributed by atoms with van der Waals surface area (Å²) in [6, 6.07) is 0. The van der Waals surface area contributed by atoms with Crippen LogP contribution in [0.4, 0.5) is 0 Å². The SMILES string of the molecule is C=COC(=O)C=C(CC(=O)O)C(=O)OC=C. The molecule has 0 radical (unpaired) electrons. The molecule has 86 valence electrons. The Balaban J connectivity index is 4.83. The molecule has 0 aliphatic heterocycles. The summed E-state index contributed by atoms with van der Waals surface area (Å²) in [7, 11) is 0. The van der Waals surface area contributed by atoms with E-state index < -0.39 is 24.3 Å². The second-order valence-corrected chi connectivity index (χ2v) is 2.42. The molecule has 0 saturated carbocycles. The van der Waals surface area contributed by atoms with E-state index in [2.05, 4.69) is 22.6 Å². The van der Waals surface area contributed by atoms with Gasteiger partial charge < -0.3 is 14.6 Å². The summed E-state index contributed by atoms with van der Waals surface area (Å²) in [5, 5.41) is 8.50. The Morgan fingerprint density at radius 3 is 2.12 bits per heavy atom. The lowest BCUT2D eigenvalue weighted by atomic mass is 10.2. The maximum atomic E-state index is 11.2. The number of carboxylic acid groups (broad SMARTS) is 1. The highest BCUT2D eigenvalue weighted by Crippen LogP contribution is 2.05. The molecule has 16 heavy (non-hydrogen) atoms. The summed E-state index contributed by atoms with van der Waals surface area (Å²) in [6.45, 7) is 6.26. The average molecular weight is 226 g/mol. The number of carboxylic acids is 1. The minimum Gasteiger partial charge on any atom is -0.481 e. The topological polar surface area (TPSA) is 89.9 Å². The highest BCUT2D eigenvalue weighted by molar-refractivity contribution is 5.99. The van der Waals surface area contributed by atoms with Crippen molar-refractivity contribution in [1.29, 1.82) is 0 Å². The third kappa shape index (κ3) is 5.38. The van der Waals surface area contributed by atoms with E-state index in [1.807, 2.05) is 0 Å². The molecule has 6 heteroatoms. The number of ether oxygens (including phenoxy) is 2. The van der Waals surface area contributed by atoms with Crippen LogP contribution in [0.1, 0.15) is 6.42 Å². The number of esters is 2. The van der Waals surface area contributed by atoms with Gasteiger partial charge in [0.05, 0.1) is 24.5 Å². The van der Waals surface area contributed by atoms with Crippen LogP contribution < -0.4 is 0 Å². The average Bonchev–Trinajstić information content (AvgIpc) is 2.16. The summed E-state index contributed by atoms with van der Waals surface area (Å²) in [5.74, 6) is -3.16. The fourth-order valence-corrected chi connectivity index (χ4v) is 0.755. The van der Waals surface area contributed by atoms with Crippen LogP contribution in [0.15, 0.2) is 37.3 Å². The van der Waals surface area contributed by atoms with Crippen molar-refractivity contribution >= 4 is 17.9 Å². The Morgan fingerprint density at radius 1 is 1.12 bits per heavy atom. The van der Waals surface area contributed by atoms with Crippen molar-refractivity contribution in [3.63, 3.8) is 0 Å². The van der Waals surface area contributed by atoms with Crippen molar-refractivity contribution in [1.82, 2.24) is 0 Å². The summed E-state index contributed by atoms with van der Waals surface area (Å²) in [6.07, 6.45) is 1.76. The molecule has 0 spiro atoms. The van der Waals surface area contributed by atoms with Crippen molar-refractivity contribution < 1.29 is 29.0 Å². The van der Waals surface area contributed by atoms with Crippen molar-refractivity contribution in [3.8, 4) is 0 Å². The van der Waals surface area contributed by atoms with Gasteiger partial charge in [-0.15, -0.1) is 0 Å². The molecule has 0 aromatic rings. The lowest BCUT2D eigenvalue weighted by Gasteiger charge is -2.01. The number of hydrogen-bond donors (Lipinski definition) is 1. The second-order valence-electron chi connectivity index (χ2n) is 2.42. The van der Waals surface area contributed by atoms with Gasteiger partial charge in [0.2, 0.25) is 0 Å². The molecule has 0 bridgehead atoms. The third-order valence-corrected chi connectivity index (χ3v) is 1.29. The third-order valence-electron chi connectivity index (χ3n) is 1.29. The molecule has 0 saturated heterocycles. The van der Waals surface area contributed by atoms with E-state index >= 15 is 0 Å². The molecule has 0 heterocycles. The van der Waals surface area contributed by atoms with Crippen LogP contribution in [0.2, 0.25) is 0 Å². The predicted molar refractivity (Wildman–Crippen MR) is 52.9 cm³/mol. The first kappa shape index (κ1) is 13.6. The van der Waals surface area contributed by atoms with Gasteiger partial charge in [0, 0.05) is 6.08 Å². The summed E-state index contributed by atoms with van der Waals surface area (Å²) < 4.78 is 8.65. The second kappa shape index (κ2) is 6.99. The Hall–Kier alpha value is -2.37. The molecule has 0 aliphatic rings. The smallest absolute Gasteiger partial charge is 0.339 e. The largest absolute Gasteiger partial charge is 0.481 e. The van der Waals surface area contributed by atoms with Crippen molar-refractivity contribution in [2.75, 3.05) is 0 Å². The predicted octanol–water partition coefficient (Wildman–Crippen LogP) is 0.761. The molecule has 1 N–H and O–H groups in total. The van der Waals surface area contributed by atoms with Crippen molar-refractivity contribution in [3.05, 3.63) is 37.3 Å². The normalized spacial score (nSPS) is 10.1. The Bertz CT molecular complexity index is 352. The van der Waals surface area contributed by atoms with E-state index in [1.54, 1.807) is 0 Å². The highest BCUT2D eigenvalue weighted by Gasteiger charge is 2.16. The quantitative estimate of drug-likeness (QED) is 0.408. The highest BCUT2D eigenvalue weighted by atomic mass is 16.5. The van der Waals surface area contributed by atoms with Crippen LogP contribution in [-0.4, -0.2) is 23.0 Å². The van der Waals surface area contributed by atoms with E-state index in [4.69, 9.17) is 5.11 Å². The minimum absolute atomic E-state index is 0.348. The van der Waals surface area contributed by atoms with Gasteiger partial charge in [-0.05, 0) is 0 Å². The molecule has 0 rings (SSSR count). The summed E-state index contributed by atoms with van der Waals surface area (Å²) in [5.41, 5.74) is -0.348. The molecular weight excluding hydrogens is 216 g/mol. The lowest BCUT2D eigenvalue weighted by Crippen LogP contribution is -2.11. The maximum absolute atomic E-state index is 11.2. The zero-order valence-corrected chi connectivity index (χ0v) is 8.34. The van der Waals surface area contributed by atoms with Gasteiger partial charge in [-0.3, -0.25) is 4.79 Å². The number of carbonyl (C=O) groups is 3. The monoisotopic (exact) mass is 226 g/mol. The first-order valence-corrected chi connectivity index (χ1v) is 4.07. The van der Waals surface area contributed by atoms with E-state index in [9.17, 15) is 14.4 Å². The first-order valence-electron chi connectivity index (χ1n) is 4.07. The minimum atomic E-state index is -1.28. The molecule has 0 unspecified atom stereocenters. The van der Waals surface area contributed by atoms with Gasteiger partial charge >= 0.3 is 17.9 Å². The van der Waals surface area contributed by atoms with Gasteiger partial charge in [0.25, 0.3) is 0 Å². The number of rotatable bonds is 6. The fraction of sp³-hybridized carbons (Fsp3) is 0.100. The Kier molecular flexibility index (Phi) is 5.96. The van der Waals surface area contributed by atoms with Gasteiger partial charge in [0.1, 0.15) is 0 Å². The molecule has 0 aliphatic carbocycles. The number of aliphatic carboxylic acids is 1.